The van der Waals surface area contributed by atoms with Gasteiger partial charge in [0.2, 0.25) is 0 Å². The van der Waals surface area contributed by atoms with Crippen LogP contribution < -0.4 is 0 Å². The van der Waals surface area contributed by atoms with Crippen LogP contribution in [-0.4, -0.2) is 9.55 Å². The lowest BCUT2D eigenvalue weighted by Crippen LogP contribution is -1.99. The smallest absolute Gasteiger partial charge is 0.117 e. The standard InChI is InChI=1S/C17H15ClN2/c1-11-5-8-15-16(9-11)20(17(19-15)12-6-7-12)14-4-2-3-13(18)10-14/h2-5,8-10,12H,6-7H2,1H3. The van der Waals surface area contributed by atoms with Crippen LogP contribution in [0.25, 0.3) is 16.7 Å². The van der Waals surface area contributed by atoms with Crippen molar-refractivity contribution in [2.45, 2.75) is 25.7 Å². The molecule has 0 amide bonds. The lowest BCUT2D eigenvalue weighted by atomic mass is 10.2. The molecule has 4 rings (SSSR count). The summed E-state index contributed by atoms with van der Waals surface area (Å²) in [5.74, 6) is 1.77. The Morgan fingerprint density at radius 1 is 1.15 bits per heavy atom. The number of rotatable bonds is 2. The lowest BCUT2D eigenvalue weighted by molar-refractivity contribution is 0.896. The van der Waals surface area contributed by atoms with Crippen LogP contribution in [0.1, 0.15) is 30.1 Å². The van der Waals surface area contributed by atoms with Gasteiger partial charge in [-0.3, -0.25) is 4.57 Å². The van der Waals surface area contributed by atoms with E-state index in [1.54, 1.807) is 0 Å². The minimum Gasteiger partial charge on any atom is -0.296 e. The van der Waals surface area contributed by atoms with Crippen molar-refractivity contribution in [1.82, 2.24) is 9.55 Å². The SMILES string of the molecule is Cc1ccc2nc(C3CC3)n(-c3cccc(Cl)c3)c2c1. The summed E-state index contributed by atoms with van der Waals surface area (Å²) in [6.45, 7) is 2.12. The van der Waals surface area contributed by atoms with E-state index < -0.39 is 0 Å². The van der Waals surface area contributed by atoms with Gasteiger partial charge in [-0.15, -0.1) is 0 Å². The second-order valence-corrected chi connectivity index (χ2v) is 5.99. The largest absolute Gasteiger partial charge is 0.296 e. The second kappa shape index (κ2) is 4.35. The van der Waals surface area contributed by atoms with E-state index in [-0.39, 0.29) is 0 Å². The van der Waals surface area contributed by atoms with Gasteiger partial charge in [-0.25, -0.2) is 4.98 Å². The van der Waals surface area contributed by atoms with Crippen molar-refractivity contribution in [3.63, 3.8) is 0 Å². The summed E-state index contributed by atoms with van der Waals surface area (Å²) in [4.78, 5) is 4.84. The molecule has 0 unspecified atom stereocenters. The Balaban J connectivity index is 2.04. The molecule has 3 aromatic rings. The number of halogens is 1. The molecule has 1 aliphatic carbocycles. The zero-order chi connectivity index (χ0) is 13.7. The monoisotopic (exact) mass is 282 g/mol. The van der Waals surface area contributed by atoms with Crippen molar-refractivity contribution in [2.24, 2.45) is 0 Å². The third kappa shape index (κ3) is 1.92. The summed E-state index contributed by atoms with van der Waals surface area (Å²) in [5.41, 5.74) is 4.60. The Kier molecular flexibility index (Phi) is 2.61. The molecule has 0 radical (unpaired) electrons. The van der Waals surface area contributed by atoms with Crippen LogP contribution >= 0.6 is 11.6 Å². The Morgan fingerprint density at radius 3 is 2.75 bits per heavy atom. The summed E-state index contributed by atoms with van der Waals surface area (Å²) >= 11 is 6.16. The second-order valence-electron chi connectivity index (χ2n) is 5.55. The maximum Gasteiger partial charge on any atom is 0.117 e. The Bertz CT molecular complexity index is 800. The fraction of sp³-hybridized carbons (Fsp3) is 0.235. The molecule has 3 heteroatoms. The first kappa shape index (κ1) is 12.0. The van der Waals surface area contributed by atoms with Crippen molar-refractivity contribution in [2.75, 3.05) is 0 Å². The minimum absolute atomic E-state index is 0.599. The molecule has 1 aliphatic rings. The highest BCUT2D eigenvalue weighted by Crippen LogP contribution is 2.42. The summed E-state index contributed by atoms with van der Waals surface area (Å²) in [7, 11) is 0. The van der Waals surface area contributed by atoms with Crippen LogP contribution in [0.3, 0.4) is 0 Å². The first-order valence-electron chi connectivity index (χ1n) is 6.97. The number of aryl methyl sites for hydroxylation is 1. The summed E-state index contributed by atoms with van der Waals surface area (Å²) < 4.78 is 2.27. The highest BCUT2D eigenvalue weighted by atomic mass is 35.5. The summed E-state index contributed by atoms with van der Waals surface area (Å²) in [6.07, 6.45) is 2.48. The van der Waals surface area contributed by atoms with Crippen LogP contribution in [0.5, 0.6) is 0 Å². The molecular formula is C17H15ClN2. The van der Waals surface area contributed by atoms with E-state index in [1.807, 2.05) is 18.2 Å². The van der Waals surface area contributed by atoms with E-state index in [2.05, 4.69) is 35.8 Å². The van der Waals surface area contributed by atoms with Gasteiger partial charge in [0.15, 0.2) is 0 Å². The molecule has 1 heterocycles. The highest BCUT2D eigenvalue weighted by Gasteiger charge is 2.30. The summed E-state index contributed by atoms with van der Waals surface area (Å²) in [5, 5.41) is 0.763. The van der Waals surface area contributed by atoms with Crippen molar-refractivity contribution < 1.29 is 0 Å². The molecule has 0 aliphatic heterocycles. The minimum atomic E-state index is 0.599. The molecular weight excluding hydrogens is 268 g/mol. The van der Waals surface area contributed by atoms with Gasteiger partial charge in [-0.05, 0) is 55.7 Å². The van der Waals surface area contributed by atoms with Gasteiger partial charge in [0, 0.05) is 16.6 Å². The average molecular weight is 283 g/mol. The molecule has 2 nitrogen and oxygen atoms in total. The number of hydrogen-bond acceptors (Lipinski definition) is 1. The zero-order valence-electron chi connectivity index (χ0n) is 11.3. The molecule has 1 saturated carbocycles. The third-order valence-corrected chi connectivity index (χ3v) is 4.08. The Morgan fingerprint density at radius 2 is 2.00 bits per heavy atom. The van der Waals surface area contributed by atoms with E-state index in [0.717, 1.165) is 16.2 Å². The molecule has 0 saturated heterocycles. The van der Waals surface area contributed by atoms with Crippen molar-refractivity contribution in [3.05, 3.63) is 58.9 Å². The number of imidazole rings is 1. The maximum atomic E-state index is 6.16. The van der Waals surface area contributed by atoms with Gasteiger partial charge in [0.05, 0.1) is 11.0 Å². The highest BCUT2D eigenvalue weighted by molar-refractivity contribution is 6.30. The van der Waals surface area contributed by atoms with E-state index in [9.17, 15) is 0 Å². The average Bonchev–Trinajstić information content (AvgIpc) is 3.20. The van der Waals surface area contributed by atoms with E-state index in [4.69, 9.17) is 16.6 Å². The molecule has 2 aromatic carbocycles. The van der Waals surface area contributed by atoms with Crippen LogP contribution in [0, 0.1) is 6.92 Å². The van der Waals surface area contributed by atoms with Gasteiger partial charge in [-0.1, -0.05) is 23.7 Å². The van der Waals surface area contributed by atoms with Crippen molar-refractivity contribution in [3.8, 4) is 5.69 Å². The summed E-state index contributed by atoms with van der Waals surface area (Å²) in [6, 6.07) is 14.4. The fourth-order valence-corrected chi connectivity index (χ4v) is 2.89. The number of nitrogens with zero attached hydrogens (tertiary/aromatic N) is 2. The molecule has 0 N–H and O–H groups in total. The number of aromatic nitrogens is 2. The van der Waals surface area contributed by atoms with Crippen LogP contribution in [0.4, 0.5) is 0 Å². The molecule has 1 fully saturated rings. The fourth-order valence-electron chi connectivity index (χ4n) is 2.71. The van der Waals surface area contributed by atoms with Crippen LogP contribution in [0.15, 0.2) is 42.5 Å². The van der Waals surface area contributed by atoms with E-state index in [1.165, 1.54) is 29.7 Å². The maximum absolute atomic E-state index is 6.16. The predicted octanol–water partition coefficient (Wildman–Crippen LogP) is 4.86. The zero-order valence-corrected chi connectivity index (χ0v) is 12.1. The van der Waals surface area contributed by atoms with Crippen LogP contribution in [0.2, 0.25) is 5.02 Å². The molecule has 1 aromatic heterocycles. The number of benzene rings is 2. The molecule has 0 spiro atoms. The van der Waals surface area contributed by atoms with Crippen LogP contribution in [-0.2, 0) is 0 Å². The molecule has 20 heavy (non-hydrogen) atoms. The normalized spacial score (nSPS) is 14.9. The van der Waals surface area contributed by atoms with Gasteiger partial charge in [0.25, 0.3) is 0 Å². The van der Waals surface area contributed by atoms with Gasteiger partial charge in [0.1, 0.15) is 5.82 Å². The van der Waals surface area contributed by atoms with Gasteiger partial charge >= 0.3 is 0 Å². The Hall–Kier alpha value is -1.80. The first-order valence-corrected chi connectivity index (χ1v) is 7.35. The number of hydrogen-bond donors (Lipinski definition) is 0. The molecule has 0 bridgehead atoms. The van der Waals surface area contributed by atoms with Crippen molar-refractivity contribution >= 4 is 22.6 Å². The third-order valence-electron chi connectivity index (χ3n) is 3.84. The first-order chi connectivity index (χ1) is 9.72. The van der Waals surface area contributed by atoms with E-state index >= 15 is 0 Å². The quantitative estimate of drug-likeness (QED) is 0.656. The van der Waals surface area contributed by atoms with Gasteiger partial charge in [-0.2, -0.15) is 0 Å². The Labute approximate surface area is 123 Å². The topological polar surface area (TPSA) is 17.8 Å². The van der Waals surface area contributed by atoms with E-state index in [0.29, 0.717) is 5.92 Å². The lowest BCUT2D eigenvalue weighted by Gasteiger charge is -2.09. The molecule has 100 valence electrons. The molecule has 0 atom stereocenters. The number of fused-ring (bicyclic) bond motifs is 1. The predicted molar refractivity (Wildman–Crippen MR) is 82.8 cm³/mol. The van der Waals surface area contributed by atoms with Gasteiger partial charge < -0.3 is 0 Å². The van der Waals surface area contributed by atoms with Crippen molar-refractivity contribution in [1.29, 1.82) is 0 Å².